The molecule has 3 N–H and O–H groups in total. The third kappa shape index (κ3) is 7.51. The molecule has 2 aliphatic heterocycles. The monoisotopic (exact) mass is 552 g/mol. The molecule has 8 nitrogen and oxygen atoms in total. The van der Waals surface area contributed by atoms with Crippen LogP contribution in [0, 0.1) is 23.6 Å². The molecule has 0 radical (unpaired) electrons. The molecule has 3 aliphatic rings. The molecule has 1 aliphatic carbocycles. The summed E-state index contributed by atoms with van der Waals surface area (Å²) in [5, 5.41) is 9.44. The lowest BCUT2D eigenvalue weighted by molar-refractivity contribution is -0.0108. The summed E-state index contributed by atoms with van der Waals surface area (Å²) < 4.78 is 25.8. The van der Waals surface area contributed by atoms with E-state index in [-0.39, 0.29) is 36.2 Å². The number of likely N-dealkylation sites (tertiary alicyclic amines) is 1. The van der Waals surface area contributed by atoms with E-state index in [1.54, 1.807) is 12.1 Å². The first-order valence-electron chi connectivity index (χ1n) is 14.1. The molecule has 3 amide bonds. The predicted molar refractivity (Wildman–Crippen MR) is 145 cm³/mol. The molecule has 38 heavy (non-hydrogen) atoms. The van der Waals surface area contributed by atoms with Gasteiger partial charge in [0.25, 0.3) is 0 Å². The van der Waals surface area contributed by atoms with Crippen molar-refractivity contribution in [2.75, 3.05) is 46.4 Å². The van der Waals surface area contributed by atoms with Gasteiger partial charge < -0.3 is 30.3 Å². The van der Waals surface area contributed by atoms with E-state index in [9.17, 15) is 9.59 Å². The summed E-state index contributed by atoms with van der Waals surface area (Å²) in [7, 11) is 1.29. The molecule has 2 saturated heterocycles. The molecule has 4 rings (SSSR count). The Morgan fingerprint density at radius 2 is 2.00 bits per heavy atom. The summed E-state index contributed by atoms with van der Waals surface area (Å²) >= 11 is 6.10. The molecule has 1 saturated carbocycles. The average Bonchev–Trinajstić information content (AvgIpc) is 2.95. The first-order valence-corrected chi connectivity index (χ1v) is 14.5. The van der Waals surface area contributed by atoms with Gasteiger partial charge >= 0.3 is 12.1 Å². The lowest BCUT2D eigenvalue weighted by Gasteiger charge is -2.42. The van der Waals surface area contributed by atoms with Gasteiger partial charge in [0.1, 0.15) is 5.82 Å². The Balaban J connectivity index is 1.42. The number of rotatable bonds is 8. The van der Waals surface area contributed by atoms with E-state index in [2.05, 4.69) is 20.7 Å². The van der Waals surface area contributed by atoms with Crippen LogP contribution in [0.15, 0.2) is 18.2 Å². The number of halogens is 2. The SMILES string of the molecule is COC(=O)NCCOC(c1cccc(Cl)c1F)C1CCCN(C(=O)NC2CNCCC2C2CCCCC2)C1. The van der Waals surface area contributed by atoms with Gasteiger partial charge in [-0.05, 0) is 43.7 Å². The van der Waals surface area contributed by atoms with Gasteiger partial charge in [-0.15, -0.1) is 0 Å². The third-order valence-corrected chi connectivity index (χ3v) is 8.71. The number of ether oxygens (including phenoxy) is 2. The van der Waals surface area contributed by atoms with Crippen molar-refractivity contribution in [1.82, 2.24) is 20.9 Å². The van der Waals surface area contributed by atoms with Gasteiger partial charge in [-0.1, -0.05) is 55.8 Å². The van der Waals surface area contributed by atoms with Crippen LogP contribution < -0.4 is 16.0 Å². The summed E-state index contributed by atoms with van der Waals surface area (Å²) in [6.45, 7) is 3.32. The molecule has 10 heteroatoms. The van der Waals surface area contributed by atoms with Crippen molar-refractivity contribution < 1.29 is 23.5 Å². The zero-order valence-corrected chi connectivity index (χ0v) is 23.1. The van der Waals surface area contributed by atoms with Crippen molar-refractivity contribution >= 4 is 23.7 Å². The molecule has 0 bridgehead atoms. The Bertz CT molecular complexity index is 932. The second-order valence-electron chi connectivity index (χ2n) is 10.8. The van der Waals surface area contributed by atoms with Crippen LogP contribution >= 0.6 is 11.6 Å². The number of hydrogen-bond donors (Lipinski definition) is 3. The van der Waals surface area contributed by atoms with E-state index in [4.69, 9.17) is 16.3 Å². The fraction of sp³-hybridized carbons (Fsp3) is 0.714. The molecule has 3 fully saturated rings. The maximum Gasteiger partial charge on any atom is 0.406 e. The number of carbonyl (C=O) groups excluding carboxylic acids is 2. The van der Waals surface area contributed by atoms with Crippen LogP contribution in [0.25, 0.3) is 0 Å². The van der Waals surface area contributed by atoms with E-state index in [0.29, 0.717) is 30.5 Å². The number of urea groups is 1. The van der Waals surface area contributed by atoms with E-state index in [1.807, 2.05) is 4.90 Å². The van der Waals surface area contributed by atoms with Gasteiger partial charge in [0, 0.05) is 43.7 Å². The van der Waals surface area contributed by atoms with Crippen LogP contribution in [0.4, 0.5) is 14.0 Å². The largest absolute Gasteiger partial charge is 0.453 e. The minimum atomic E-state index is -0.602. The van der Waals surface area contributed by atoms with Crippen LogP contribution in [0.1, 0.15) is 63.0 Å². The van der Waals surface area contributed by atoms with Crippen LogP contribution in [-0.2, 0) is 9.47 Å². The topological polar surface area (TPSA) is 91.9 Å². The normalized spacial score (nSPS) is 25.4. The maximum absolute atomic E-state index is 15.1. The minimum absolute atomic E-state index is 0.0350. The molecular formula is C28H42ClFN4O4. The highest BCUT2D eigenvalue weighted by molar-refractivity contribution is 6.30. The fourth-order valence-corrected chi connectivity index (χ4v) is 6.67. The second kappa shape index (κ2) is 14.3. The zero-order chi connectivity index (χ0) is 26.9. The van der Waals surface area contributed by atoms with Crippen molar-refractivity contribution in [3.8, 4) is 0 Å². The highest BCUT2D eigenvalue weighted by Crippen LogP contribution is 2.37. The minimum Gasteiger partial charge on any atom is -0.453 e. The van der Waals surface area contributed by atoms with E-state index in [0.717, 1.165) is 32.4 Å². The van der Waals surface area contributed by atoms with Crippen molar-refractivity contribution in [2.24, 2.45) is 17.8 Å². The first-order chi connectivity index (χ1) is 18.5. The van der Waals surface area contributed by atoms with Crippen LogP contribution in [0.2, 0.25) is 5.02 Å². The van der Waals surface area contributed by atoms with E-state index < -0.39 is 18.0 Å². The number of benzene rings is 1. The van der Waals surface area contributed by atoms with Gasteiger partial charge in [0.2, 0.25) is 0 Å². The standard InChI is InChI=1S/C28H42ClFN4O4/c1-37-28(36)32-14-16-38-26(22-10-5-11-23(29)25(22)30)20-9-6-15-34(18-20)27(35)33-24-17-31-13-12-21(24)19-7-3-2-4-8-19/h5,10-11,19-21,24,26,31H,2-4,6-9,12-18H2,1H3,(H,32,36)(H,33,35). The van der Waals surface area contributed by atoms with Gasteiger partial charge in [-0.2, -0.15) is 0 Å². The Hall–Kier alpha value is -2.10. The average molecular weight is 553 g/mol. The zero-order valence-electron chi connectivity index (χ0n) is 22.4. The number of alkyl carbamates (subject to hydrolysis) is 1. The third-order valence-electron chi connectivity index (χ3n) is 8.42. The molecular weight excluding hydrogens is 511 g/mol. The number of methoxy groups -OCH3 is 1. The van der Waals surface area contributed by atoms with Crippen molar-refractivity contribution in [1.29, 1.82) is 0 Å². The Morgan fingerprint density at radius 3 is 2.79 bits per heavy atom. The lowest BCUT2D eigenvalue weighted by Crippen LogP contribution is -2.57. The molecule has 0 aromatic heterocycles. The molecule has 2 heterocycles. The number of carbonyl (C=O) groups is 2. The van der Waals surface area contributed by atoms with Gasteiger partial charge in [0.15, 0.2) is 0 Å². The Labute approximate surface area is 230 Å². The lowest BCUT2D eigenvalue weighted by atomic mass is 9.74. The van der Waals surface area contributed by atoms with Crippen LogP contribution in [-0.4, -0.2) is 69.5 Å². The highest BCUT2D eigenvalue weighted by Gasteiger charge is 2.36. The molecule has 1 aromatic carbocycles. The quantitative estimate of drug-likeness (QED) is 0.400. The Morgan fingerprint density at radius 1 is 1.18 bits per heavy atom. The fourth-order valence-electron chi connectivity index (χ4n) is 6.49. The maximum atomic E-state index is 15.1. The van der Waals surface area contributed by atoms with E-state index in [1.165, 1.54) is 45.3 Å². The highest BCUT2D eigenvalue weighted by atomic mass is 35.5. The van der Waals surface area contributed by atoms with Gasteiger partial charge in [0.05, 0.1) is 24.8 Å². The number of hydrogen-bond acceptors (Lipinski definition) is 5. The van der Waals surface area contributed by atoms with Crippen molar-refractivity contribution in [2.45, 2.75) is 63.5 Å². The summed E-state index contributed by atoms with van der Waals surface area (Å²) in [4.78, 5) is 26.7. The van der Waals surface area contributed by atoms with Crippen molar-refractivity contribution in [3.05, 3.63) is 34.6 Å². The number of amides is 3. The van der Waals surface area contributed by atoms with E-state index >= 15 is 4.39 Å². The van der Waals surface area contributed by atoms with Crippen LogP contribution in [0.5, 0.6) is 0 Å². The molecule has 0 spiro atoms. The van der Waals surface area contributed by atoms with Gasteiger partial charge in [-0.25, -0.2) is 14.0 Å². The van der Waals surface area contributed by atoms with Crippen LogP contribution in [0.3, 0.4) is 0 Å². The summed E-state index contributed by atoms with van der Waals surface area (Å²) in [6, 6.07) is 4.97. The summed E-state index contributed by atoms with van der Waals surface area (Å²) in [6.07, 6.45) is 7.97. The molecule has 4 atom stereocenters. The Kier molecular flexibility index (Phi) is 10.9. The summed E-state index contributed by atoms with van der Waals surface area (Å²) in [5.74, 6) is 0.581. The molecule has 1 aromatic rings. The first kappa shape index (κ1) is 28.9. The predicted octanol–water partition coefficient (Wildman–Crippen LogP) is 4.87. The molecule has 4 unspecified atom stereocenters. The van der Waals surface area contributed by atoms with Gasteiger partial charge in [-0.3, -0.25) is 0 Å². The summed E-state index contributed by atoms with van der Waals surface area (Å²) in [5.41, 5.74) is 0.372. The second-order valence-corrected chi connectivity index (χ2v) is 11.2. The smallest absolute Gasteiger partial charge is 0.406 e. The molecule has 212 valence electrons. The number of nitrogens with zero attached hydrogens (tertiary/aromatic N) is 1. The number of piperidine rings is 2. The van der Waals surface area contributed by atoms with Crippen molar-refractivity contribution in [3.63, 3.8) is 0 Å². The number of nitrogens with one attached hydrogen (secondary N) is 3.